The maximum absolute atomic E-state index is 5.86. The Hall–Kier alpha value is -1.09. The summed E-state index contributed by atoms with van der Waals surface area (Å²) in [5.74, 6) is 1.60. The van der Waals surface area contributed by atoms with Crippen LogP contribution in [0.4, 0.5) is 5.82 Å². The molecule has 1 saturated heterocycles. The summed E-state index contributed by atoms with van der Waals surface area (Å²) >= 11 is 0. The summed E-state index contributed by atoms with van der Waals surface area (Å²) in [6.07, 6.45) is 6.46. The van der Waals surface area contributed by atoms with E-state index in [1.165, 1.54) is 43.4 Å². The van der Waals surface area contributed by atoms with Crippen LogP contribution in [-0.4, -0.2) is 17.6 Å². The first kappa shape index (κ1) is 15.3. The van der Waals surface area contributed by atoms with E-state index < -0.39 is 0 Å². The molecule has 2 heterocycles. The first-order valence-electron chi connectivity index (χ1n) is 8.13. The number of hydrogen-bond acceptors (Lipinski definition) is 3. The van der Waals surface area contributed by atoms with E-state index in [0.29, 0.717) is 18.5 Å². The second kappa shape index (κ2) is 7.07. The molecular formula is C17H29N3. The zero-order valence-corrected chi connectivity index (χ0v) is 13.2. The van der Waals surface area contributed by atoms with Crippen LogP contribution in [-0.2, 0) is 6.54 Å². The minimum Gasteiger partial charge on any atom is -0.354 e. The Labute approximate surface area is 123 Å². The highest BCUT2D eigenvalue weighted by Gasteiger charge is 2.23. The average molecular weight is 275 g/mol. The number of aromatic nitrogens is 1. The Bertz CT molecular complexity index is 426. The SMILES string of the molecule is CCCC1CCCCN1c1cc(CN)cc(C(C)C)n1. The van der Waals surface area contributed by atoms with Crippen LogP contribution >= 0.6 is 0 Å². The second-order valence-corrected chi connectivity index (χ2v) is 6.25. The van der Waals surface area contributed by atoms with Gasteiger partial charge in [-0.15, -0.1) is 0 Å². The Morgan fingerprint density at radius 3 is 2.80 bits per heavy atom. The van der Waals surface area contributed by atoms with Crippen molar-refractivity contribution in [1.29, 1.82) is 0 Å². The predicted octanol–water partition coefficient (Wildman–Crippen LogP) is 3.82. The Morgan fingerprint density at radius 1 is 1.35 bits per heavy atom. The molecule has 3 heteroatoms. The van der Waals surface area contributed by atoms with Crippen LogP contribution in [0.5, 0.6) is 0 Å². The molecule has 0 aliphatic carbocycles. The topological polar surface area (TPSA) is 42.1 Å². The quantitative estimate of drug-likeness (QED) is 0.888. The molecule has 0 saturated carbocycles. The molecule has 1 fully saturated rings. The molecule has 1 aliphatic rings. The third kappa shape index (κ3) is 3.51. The molecule has 1 aliphatic heterocycles. The number of nitrogens with two attached hydrogens (primary N) is 1. The van der Waals surface area contributed by atoms with Gasteiger partial charge in [-0.05, 0) is 49.3 Å². The fourth-order valence-electron chi connectivity index (χ4n) is 3.09. The lowest BCUT2D eigenvalue weighted by Crippen LogP contribution is -2.40. The summed E-state index contributed by atoms with van der Waals surface area (Å²) in [6, 6.07) is 5.02. The highest BCUT2D eigenvalue weighted by Crippen LogP contribution is 2.28. The van der Waals surface area contributed by atoms with Crippen LogP contribution in [0.2, 0.25) is 0 Å². The summed E-state index contributed by atoms with van der Waals surface area (Å²) in [5, 5.41) is 0. The van der Waals surface area contributed by atoms with Gasteiger partial charge in [-0.2, -0.15) is 0 Å². The normalized spacial score (nSPS) is 19.6. The maximum atomic E-state index is 5.86. The van der Waals surface area contributed by atoms with Crippen molar-refractivity contribution in [1.82, 2.24) is 4.98 Å². The lowest BCUT2D eigenvalue weighted by Gasteiger charge is -2.37. The van der Waals surface area contributed by atoms with Crippen LogP contribution in [0.3, 0.4) is 0 Å². The monoisotopic (exact) mass is 275 g/mol. The smallest absolute Gasteiger partial charge is 0.129 e. The molecule has 112 valence electrons. The molecule has 1 atom stereocenters. The number of rotatable bonds is 5. The molecule has 2 N–H and O–H groups in total. The third-order valence-electron chi connectivity index (χ3n) is 4.26. The van der Waals surface area contributed by atoms with E-state index in [1.807, 2.05) is 0 Å². The predicted molar refractivity (Wildman–Crippen MR) is 86.1 cm³/mol. The van der Waals surface area contributed by atoms with Gasteiger partial charge in [0.25, 0.3) is 0 Å². The minimum absolute atomic E-state index is 0.453. The number of pyridine rings is 1. The van der Waals surface area contributed by atoms with Gasteiger partial charge in [-0.25, -0.2) is 4.98 Å². The lowest BCUT2D eigenvalue weighted by atomic mass is 9.97. The largest absolute Gasteiger partial charge is 0.354 e. The standard InChI is InChI=1S/C17H29N3/c1-4-7-15-8-5-6-9-20(15)17-11-14(12-18)10-16(19-17)13(2)3/h10-11,13,15H,4-9,12,18H2,1-3H3. The van der Waals surface area contributed by atoms with Crippen molar-refractivity contribution >= 4 is 5.82 Å². The van der Waals surface area contributed by atoms with Crippen LogP contribution in [0.15, 0.2) is 12.1 Å². The molecule has 0 bridgehead atoms. The molecular weight excluding hydrogens is 246 g/mol. The molecule has 20 heavy (non-hydrogen) atoms. The minimum atomic E-state index is 0.453. The first-order chi connectivity index (χ1) is 9.65. The van der Waals surface area contributed by atoms with E-state index in [2.05, 4.69) is 37.8 Å². The average Bonchev–Trinajstić information content (AvgIpc) is 2.47. The number of piperidine rings is 1. The molecule has 1 aromatic rings. The van der Waals surface area contributed by atoms with E-state index >= 15 is 0 Å². The summed E-state index contributed by atoms with van der Waals surface area (Å²) in [5.41, 5.74) is 8.24. The first-order valence-corrected chi connectivity index (χ1v) is 8.13. The van der Waals surface area contributed by atoms with Crippen molar-refractivity contribution in [2.45, 2.75) is 71.4 Å². The van der Waals surface area contributed by atoms with Crippen LogP contribution < -0.4 is 10.6 Å². The van der Waals surface area contributed by atoms with Crippen LogP contribution in [0.1, 0.15) is 70.1 Å². The third-order valence-corrected chi connectivity index (χ3v) is 4.26. The molecule has 2 rings (SSSR count). The zero-order valence-electron chi connectivity index (χ0n) is 13.2. The van der Waals surface area contributed by atoms with Crippen LogP contribution in [0, 0.1) is 0 Å². The van der Waals surface area contributed by atoms with E-state index in [-0.39, 0.29) is 0 Å². The summed E-state index contributed by atoms with van der Waals surface area (Å²) in [4.78, 5) is 7.43. The van der Waals surface area contributed by atoms with Gasteiger partial charge in [0.05, 0.1) is 0 Å². The second-order valence-electron chi connectivity index (χ2n) is 6.25. The van der Waals surface area contributed by atoms with Crippen LogP contribution in [0.25, 0.3) is 0 Å². The lowest BCUT2D eigenvalue weighted by molar-refractivity contribution is 0.431. The van der Waals surface area contributed by atoms with Crippen molar-refractivity contribution in [2.75, 3.05) is 11.4 Å². The molecule has 0 aromatic carbocycles. The van der Waals surface area contributed by atoms with Crippen molar-refractivity contribution in [2.24, 2.45) is 5.73 Å². The van der Waals surface area contributed by atoms with Gasteiger partial charge >= 0.3 is 0 Å². The van der Waals surface area contributed by atoms with Gasteiger partial charge in [0, 0.05) is 24.8 Å². The summed E-state index contributed by atoms with van der Waals surface area (Å²) in [6.45, 7) is 8.42. The number of nitrogens with zero attached hydrogens (tertiary/aromatic N) is 2. The summed E-state index contributed by atoms with van der Waals surface area (Å²) < 4.78 is 0. The highest BCUT2D eigenvalue weighted by molar-refractivity contribution is 5.45. The van der Waals surface area contributed by atoms with Gasteiger partial charge < -0.3 is 10.6 Å². The molecule has 0 spiro atoms. The molecule has 1 aromatic heterocycles. The van der Waals surface area contributed by atoms with E-state index in [4.69, 9.17) is 10.7 Å². The zero-order chi connectivity index (χ0) is 14.5. The summed E-state index contributed by atoms with van der Waals surface area (Å²) in [7, 11) is 0. The number of hydrogen-bond donors (Lipinski definition) is 1. The Morgan fingerprint density at radius 2 is 2.15 bits per heavy atom. The van der Waals surface area contributed by atoms with Crippen molar-refractivity contribution in [3.05, 3.63) is 23.4 Å². The fraction of sp³-hybridized carbons (Fsp3) is 0.706. The van der Waals surface area contributed by atoms with Crippen molar-refractivity contribution < 1.29 is 0 Å². The highest BCUT2D eigenvalue weighted by atomic mass is 15.2. The van der Waals surface area contributed by atoms with E-state index in [1.54, 1.807) is 0 Å². The van der Waals surface area contributed by atoms with Gasteiger partial charge in [0.1, 0.15) is 5.82 Å². The van der Waals surface area contributed by atoms with Gasteiger partial charge in [0.2, 0.25) is 0 Å². The van der Waals surface area contributed by atoms with E-state index in [9.17, 15) is 0 Å². The van der Waals surface area contributed by atoms with Crippen molar-refractivity contribution in [3.63, 3.8) is 0 Å². The molecule has 0 amide bonds. The van der Waals surface area contributed by atoms with Crippen molar-refractivity contribution in [3.8, 4) is 0 Å². The van der Waals surface area contributed by atoms with Gasteiger partial charge in [-0.3, -0.25) is 0 Å². The fourth-order valence-corrected chi connectivity index (χ4v) is 3.09. The Kier molecular flexibility index (Phi) is 5.41. The van der Waals surface area contributed by atoms with E-state index in [0.717, 1.165) is 12.4 Å². The molecule has 3 nitrogen and oxygen atoms in total. The molecule has 0 radical (unpaired) electrons. The molecule has 1 unspecified atom stereocenters. The van der Waals surface area contributed by atoms with Gasteiger partial charge in [-0.1, -0.05) is 27.2 Å². The van der Waals surface area contributed by atoms with Gasteiger partial charge in [0.15, 0.2) is 0 Å². The maximum Gasteiger partial charge on any atom is 0.129 e. The Balaban J connectivity index is 2.31. The number of anilines is 1.